The Morgan fingerprint density at radius 2 is 1.84 bits per heavy atom. The molecule has 0 spiro atoms. The van der Waals surface area contributed by atoms with Crippen LogP contribution in [0, 0.1) is 0 Å². The molecule has 0 radical (unpaired) electrons. The maximum atomic E-state index is 12.0. The van der Waals surface area contributed by atoms with E-state index < -0.39 is 0 Å². The van der Waals surface area contributed by atoms with Gasteiger partial charge in [-0.1, -0.05) is 56.3 Å². The van der Waals surface area contributed by atoms with Gasteiger partial charge in [0, 0.05) is 10.8 Å². The molecule has 0 amide bonds. The van der Waals surface area contributed by atoms with E-state index >= 15 is 0 Å². The summed E-state index contributed by atoms with van der Waals surface area (Å²) in [5.41, 5.74) is 3.84. The molecule has 2 unspecified atom stereocenters. The van der Waals surface area contributed by atoms with Gasteiger partial charge in [-0.15, -0.1) is 11.3 Å². The first kappa shape index (κ1) is 23.1. The fourth-order valence-electron chi connectivity index (χ4n) is 4.24. The first-order valence-corrected chi connectivity index (χ1v) is 11.6. The standard InChI is InChI=1S/C26H28O3S.CH4/c1-28-26(27)18-23(25-12-7-17-30-25)20-13-15-21(16-14-20)29-24-11-4-2-3-8-19-9-5-6-10-22(19)24;/h5-7,9-10,12-17,23-24H,2-4,8,11,18H2,1H3;1H4. The van der Waals surface area contributed by atoms with Crippen molar-refractivity contribution >= 4 is 17.3 Å². The maximum absolute atomic E-state index is 12.0. The van der Waals surface area contributed by atoms with Gasteiger partial charge in [0.1, 0.15) is 11.9 Å². The number of carbonyl (C=O) groups excluding carboxylic acids is 1. The lowest BCUT2D eigenvalue weighted by Gasteiger charge is -2.24. The smallest absolute Gasteiger partial charge is 0.306 e. The molecule has 1 aliphatic rings. The number of carbonyl (C=O) groups is 1. The number of aryl methyl sites for hydroxylation is 1. The summed E-state index contributed by atoms with van der Waals surface area (Å²) in [6, 6.07) is 21.0. The molecule has 1 aliphatic carbocycles. The number of fused-ring (bicyclic) bond motifs is 1. The highest BCUT2D eigenvalue weighted by molar-refractivity contribution is 7.10. The van der Waals surface area contributed by atoms with Gasteiger partial charge in [0.05, 0.1) is 13.5 Å². The van der Waals surface area contributed by atoms with E-state index in [4.69, 9.17) is 9.47 Å². The normalized spacial score (nSPS) is 16.7. The van der Waals surface area contributed by atoms with Crippen LogP contribution in [0.15, 0.2) is 66.0 Å². The summed E-state index contributed by atoms with van der Waals surface area (Å²) in [5.74, 6) is 0.690. The molecule has 3 nitrogen and oxygen atoms in total. The van der Waals surface area contributed by atoms with E-state index in [-0.39, 0.29) is 25.4 Å². The molecule has 0 saturated carbocycles. The predicted molar refractivity (Wildman–Crippen MR) is 128 cm³/mol. The Labute approximate surface area is 190 Å². The molecular weight excluding hydrogens is 404 g/mol. The van der Waals surface area contributed by atoms with Gasteiger partial charge in [-0.05, 0) is 66.0 Å². The lowest BCUT2D eigenvalue weighted by Crippen LogP contribution is -2.13. The second-order valence-corrected chi connectivity index (χ2v) is 8.80. The predicted octanol–water partition coefficient (Wildman–Crippen LogP) is 7.32. The minimum Gasteiger partial charge on any atom is -0.486 e. The molecule has 3 aromatic rings. The van der Waals surface area contributed by atoms with Crippen LogP contribution in [0.1, 0.15) is 73.1 Å². The van der Waals surface area contributed by atoms with Crippen LogP contribution >= 0.6 is 11.3 Å². The van der Waals surface area contributed by atoms with Crippen molar-refractivity contribution in [2.24, 2.45) is 0 Å². The van der Waals surface area contributed by atoms with Crippen LogP contribution < -0.4 is 4.74 Å². The molecule has 31 heavy (non-hydrogen) atoms. The van der Waals surface area contributed by atoms with Crippen molar-refractivity contribution in [1.82, 2.24) is 0 Å². The van der Waals surface area contributed by atoms with E-state index in [0.29, 0.717) is 6.42 Å². The molecule has 1 aromatic heterocycles. The Kier molecular flexibility index (Phi) is 8.30. The third kappa shape index (κ3) is 5.76. The van der Waals surface area contributed by atoms with Crippen LogP contribution in [0.4, 0.5) is 0 Å². The number of benzene rings is 2. The third-order valence-electron chi connectivity index (χ3n) is 5.86. The largest absolute Gasteiger partial charge is 0.486 e. The molecule has 1 heterocycles. The molecule has 2 atom stereocenters. The molecule has 4 rings (SSSR count). The van der Waals surface area contributed by atoms with Crippen LogP contribution in [-0.4, -0.2) is 13.1 Å². The fraction of sp³-hybridized carbons (Fsp3) is 0.370. The van der Waals surface area contributed by atoms with Crippen molar-refractivity contribution in [3.8, 4) is 5.75 Å². The summed E-state index contributed by atoms with van der Waals surface area (Å²) in [6.45, 7) is 0. The first-order valence-electron chi connectivity index (χ1n) is 10.7. The van der Waals surface area contributed by atoms with Gasteiger partial charge in [0.2, 0.25) is 0 Å². The summed E-state index contributed by atoms with van der Waals surface area (Å²) in [6.07, 6.45) is 6.30. The molecule has 0 N–H and O–H groups in total. The third-order valence-corrected chi connectivity index (χ3v) is 6.85. The summed E-state index contributed by atoms with van der Waals surface area (Å²) >= 11 is 1.67. The van der Waals surface area contributed by atoms with Crippen LogP contribution in [0.2, 0.25) is 0 Å². The highest BCUT2D eigenvalue weighted by atomic mass is 32.1. The van der Waals surface area contributed by atoms with Gasteiger partial charge in [0.15, 0.2) is 0 Å². The molecule has 4 heteroatoms. The molecule has 0 bridgehead atoms. The van der Waals surface area contributed by atoms with Gasteiger partial charge >= 0.3 is 5.97 Å². The second kappa shape index (κ2) is 11.1. The Balaban J connectivity index is 0.00000272. The van der Waals surface area contributed by atoms with Gasteiger partial charge in [0.25, 0.3) is 0 Å². The monoisotopic (exact) mass is 436 g/mol. The van der Waals surface area contributed by atoms with Crippen molar-refractivity contribution in [2.45, 2.75) is 58.0 Å². The van der Waals surface area contributed by atoms with E-state index in [0.717, 1.165) is 24.2 Å². The van der Waals surface area contributed by atoms with Gasteiger partial charge < -0.3 is 9.47 Å². The zero-order valence-corrected chi connectivity index (χ0v) is 18.2. The molecule has 0 fully saturated rings. The minimum atomic E-state index is -0.195. The molecule has 0 saturated heterocycles. The van der Waals surface area contributed by atoms with Crippen LogP contribution in [0.3, 0.4) is 0 Å². The number of esters is 1. The van der Waals surface area contributed by atoms with Crippen molar-refractivity contribution in [3.63, 3.8) is 0 Å². The van der Waals surface area contributed by atoms with E-state index in [1.807, 2.05) is 23.6 Å². The van der Waals surface area contributed by atoms with Crippen LogP contribution in [0.5, 0.6) is 5.75 Å². The molecular formula is C27H32O3S. The van der Waals surface area contributed by atoms with Crippen LogP contribution in [0.25, 0.3) is 0 Å². The zero-order valence-electron chi connectivity index (χ0n) is 17.4. The molecule has 164 valence electrons. The summed E-state index contributed by atoms with van der Waals surface area (Å²) in [4.78, 5) is 13.1. The average molecular weight is 437 g/mol. The number of hydrogen-bond donors (Lipinski definition) is 0. The van der Waals surface area contributed by atoms with Crippen molar-refractivity contribution in [3.05, 3.63) is 87.6 Å². The highest BCUT2D eigenvalue weighted by Gasteiger charge is 2.21. The van der Waals surface area contributed by atoms with Crippen molar-refractivity contribution in [2.75, 3.05) is 7.11 Å². The number of rotatable bonds is 6. The Bertz CT molecular complexity index is 947. The van der Waals surface area contributed by atoms with Gasteiger partial charge in [-0.3, -0.25) is 4.79 Å². The lowest BCUT2D eigenvalue weighted by atomic mass is 9.91. The average Bonchev–Trinajstić information content (AvgIpc) is 3.30. The topological polar surface area (TPSA) is 35.5 Å². The van der Waals surface area contributed by atoms with E-state index in [1.54, 1.807) is 11.3 Å². The highest BCUT2D eigenvalue weighted by Crippen LogP contribution is 2.35. The zero-order chi connectivity index (χ0) is 20.8. The fourth-order valence-corrected chi connectivity index (χ4v) is 5.10. The number of hydrogen-bond acceptors (Lipinski definition) is 4. The molecule has 2 aromatic carbocycles. The SMILES string of the molecule is C.COC(=O)CC(c1ccc(OC2CCCCCc3ccccc32)cc1)c1cccs1. The van der Waals surface area contributed by atoms with E-state index in [2.05, 4.69) is 42.5 Å². The van der Waals surface area contributed by atoms with Gasteiger partial charge in [-0.2, -0.15) is 0 Å². The Hall–Kier alpha value is -2.59. The number of methoxy groups -OCH3 is 1. The Morgan fingerprint density at radius 3 is 2.58 bits per heavy atom. The first-order chi connectivity index (χ1) is 14.7. The number of thiophene rings is 1. The minimum absolute atomic E-state index is 0. The van der Waals surface area contributed by atoms with Crippen LogP contribution in [-0.2, 0) is 16.0 Å². The molecule has 0 aliphatic heterocycles. The van der Waals surface area contributed by atoms with Gasteiger partial charge in [-0.25, -0.2) is 0 Å². The Morgan fingerprint density at radius 1 is 1.03 bits per heavy atom. The van der Waals surface area contributed by atoms with E-state index in [9.17, 15) is 4.79 Å². The quantitative estimate of drug-likeness (QED) is 0.380. The maximum Gasteiger partial charge on any atom is 0.306 e. The van der Waals surface area contributed by atoms with Crippen molar-refractivity contribution < 1.29 is 14.3 Å². The van der Waals surface area contributed by atoms with E-state index in [1.165, 1.54) is 42.4 Å². The summed E-state index contributed by atoms with van der Waals surface area (Å²) < 4.78 is 11.4. The summed E-state index contributed by atoms with van der Waals surface area (Å²) in [5, 5.41) is 2.04. The second-order valence-electron chi connectivity index (χ2n) is 7.82. The lowest BCUT2D eigenvalue weighted by molar-refractivity contribution is -0.140. The van der Waals surface area contributed by atoms with Crippen molar-refractivity contribution in [1.29, 1.82) is 0 Å². The number of ether oxygens (including phenoxy) is 2. The summed E-state index contributed by atoms with van der Waals surface area (Å²) in [7, 11) is 1.44.